The third kappa shape index (κ3) is 3.25. The highest BCUT2D eigenvalue weighted by Gasteiger charge is 1.95. The van der Waals surface area contributed by atoms with Crippen LogP contribution in [0.1, 0.15) is 6.42 Å². The zero-order valence-electron chi connectivity index (χ0n) is 7.53. The molecule has 0 aliphatic rings. The molecule has 0 saturated carbocycles. The number of nitrogens with one attached hydrogen (secondary N) is 1. The summed E-state index contributed by atoms with van der Waals surface area (Å²) < 4.78 is 4.90. The first-order valence-corrected chi connectivity index (χ1v) is 4.07. The summed E-state index contributed by atoms with van der Waals surface area (Å²) in [6.45, 7) is 0.839. The molecule has 0 aliphatic carbocycles. The molecule has 0 atom stereocenters. The second-order valence-electron chi connectivity index (χ2n) is 2.45. The van der Waals surface area contributed by atoms with Gasteiger partial charge in [-0.25, -0.2) is 9.97 Å². The molecule has 1 aromatic heterocycles. The highest BCUT2D eigenvalue weighted by atomic mass is 16.5. The standard InChI is InChI=1S/C8H13N3O2/c1-13-7-5-10-8(11-6-7)9-3-2-4-12/h5-6,12H,2-4H2,1H3,(H,9,10,11). The Morgan fingerprint density at radius 3 is 2.69 bits per heavy atom. The van der Waals surface area contributed by atoms with Crippen molar-refractivity contribution in [2.45, 2.75) is 6.42 Å². The first-order chi connectivity index (χ1) is 6.36. The Hall–Kier alpha value is -1.36. The molecule has 13 heavy (non-hydrogen) atoms. The van der Waals surface area contributed by atoms with Crippen LogP contribution in [-0.2, 0) is 0 Å². The summed E-state index contributed by atoms with van der Waals surface area (Å²) >= 11 is 0. The van der Waals surface area contributed by atoms with Crippen molar-refractivity contribution in [1.82, 2.24) is 9.97 Å². The number of methoxy groups -OCH3 is 1. The number of nitrogens with zero attached hydrogens (tertiary/aromatic N) is 2. The van der Waals surface area contributed by atoms with Crippen LogP contribution in [0.15, 0.2) is 12.4 Å². The van der Waals surface area contributed by atoms with Gasteiger partial charge in [0, 0.05) is 13.2 Å². The molecule has 1 aromatic rings. The minimum atomic E-state index is 0.170. The maximum absolute atomic E-state index is 8.53. The second-order valence-corrected chi connectivity index (χ2v) is 2.45. The Labute approximate surface area is 76.8 Å². The summed E-state index contributed by atoms with van der Waals surface area (Å²) in [6, 6.07) is 0. The number of hydrogen-bond donors (Lipinski definition) is 2. The fourth-order valence-electron chi connectivity index (χ4n) is 0.792. The topological polar surface area (TPSA) is 67.3 Å². The van der Waals surface area contributed by atoms with Crippen LogP contribution < -0.4 is 10.1 Å². The molecule has 0 fully saturated rings. The summed E-state index contributed by atoms with van der Waals surface area (Å²) in [5.41, 5.74) is 0. The SMILES string of the molecule is COc1cnc(NCCCO)nc1. The van der Waals surface area contributed by atoms with Gasteiger partial charge >= 0.3 is 0 Å². The predicted octanol–water partition coefficient (Wildman–Crippen LogP) is 0.279. The molecular weight excluding hydrogens is 170 g/mol. The van der Waals surface area contributed by atoms with Crippen molar-refractivity contribution in [3.05, 3.63) is 12.4 Å². The van der Waals surface area contributed by atoms with Gasteiger partial charge < -0.3 is 15.2 Å². The molecule has 5 heteroatoms. The van der Waals surface area contributed by atoms with Crippen LogP contribution in [0.3, 0.4) is 0 Å². The van der Waals surface area contributed by atoms with E-state index in [0.717, 1.165) is 0 Å². The van der Waals surface area contributed by atoms with Crippen molar-refractivity contribution in [3.63, 3.8) is 0 Å². The zero-order chi connectivity index (χ0) is 9.52. The lowest BCUT2D eigenvalue weighted by atomic mass is 10.4. The maximum Gasteiger partial charge on any atom is 0.222 e. The largest absolute Gasteiger partial charge is 0.494 e. The van der Waals surface area contributed by atoms with E-state index in [1.165, 1.54) is 0 Å². The van der Waals surface area contributed by atoms with Crippen molar-refractivity contribution < 1.29 is 9.84 Å². The smallest absolute Gasteiger partial charge is 0.222 e. The lowest BCUT2D eigenvalue weighted by molar-refractivity contribution is 0.292. The van der Waals surface area contributed by atoms with Crippen molar-refractivity contribution in [1.29, 1.82) is 0 Å². The molecule has 0 bridgehead atoms. The monoisotopic (exact) mass is 183 g/mol. The lowest BCUT2D eigenvalue weighted by Crippen LogP contribution is -2.06. The minimum absolute atomic E-state index is 0.170. The molecule has 0 radical (unpaired) electrons. The van der Waals surface area contributed by atoms with Gasteiger partial charge in [0.2, 0.25) is 5.95 Å². The number of ether oxygens (including phenoxy) is 1. The fourth-order valence-corrected chi connectivity index (χ4v) is 0.792. The average molecular weight is 183 g/mol. The van der Waals surface area contributed by atoms with Gasteiger partial charge in [-0.2, -0.15) is 0 Å². The number of anilines is 1. The van der Waals surface area contributed by atoms with Gasteiger partial charge in [-0.3, -0.25) is 0 Å². The molecular formula is C8H13N3O2. The molecule has 0 spiro atoms. The summed E-state index contributed by atoms with van der Waals surface area (Å²) in [6.07, 6.45) is 3.87. The Morgan fingerprint density at radius 2 is 2.15 bits per heavy atom. The molecule has 0 aromatic carbocycles. The first kappa shape index (κ1) is 9.73. The zero-order valence-corrected chi connectivity index (χ0v) is 7.53. The van der Waals surface area contributed by atoms with E-state index >= 15 is 0 Å². The van der Waals surface area contributed by atoms with Gasteiger partial charge in [-0.05, 0) is 6.42 Å². The van der Waals surface area contributed by atoms with Crippen LogP contribution in [0.25, 0.3) is 0 Å². The Balaban J connectivity index is 2.40. The average Bonchev–Trinajstić information content (AvgIpc) is 2.19. The van der Waals surface area contributed by atoms with Gasteiger partial charge in [-0.1, -0.05) is 0 Å². The van der Waals surface area contributed by atoms with E-state index in [1.54, 1.807) is 19.5 Å². The normalized spacial score (nSPS) is 9.69. The van der Waals surface area contributed by atoms with E-state index in [0.29, 0.717) is 24.7 Å². The molecule has 0 amide bonds. The van der Waals surface area contributed by atoms with Crippen LogP contribution in [-0.4, -0.2) is 35.3 Å². The quantitative estimate of drug-likeness (QED) is 0.642. The number of aromatic nitrogens is 2. The lowest BCUT2D eigenvalue weighted by Gasteiger charge is -2.03. The van der Waals surface area contributed by atoms with Gasteiger partial charge in [0.15, 0.2) is 5.75 Å². The Kier molecular flexibility index (Phi) is 3.98. The molecule has 5 nitrogen and oxygen atoms in total. The van der Waals surface area contributed by atoms with E-state index in [9.17, 15) is 0 Å². The fraction of sp³-hybridized carbons (Fsp3) is 0.500. The number of rotatable bonds is 5. The summed E-state index contributed by atoms with van der Waals surface area (Å²) in [5.74, 6) is 1.18. The Morgan fingerprint density at radius 1 is 1.46 bits per heavy atom. The molecule has 1 rings (SSSR count). The van der Waals surface area contributed by atoms with E-state index in [1.807, 2.05) is 0 Å². The number of aliphatic hydroxyl groups excluding tert-OH is 1. The molecule has 0 saturated heterocycles. The molecule has 0 aliphatic heterocycles. The van der Waals surface area contributed by atoms with Crippen molar-refractivity contribution in [3.8, 4) is 5.75 Å². The molecule has 2 N–H and O–H groups in total. The molecule has 72 valence electrons. The van der Waals surface area contributed by atoms with Crippen LogP contribution in [0, 0.1) is 0 Å². The first-order valence-electron chi connectivity index (χ1n) is 4.07. The van der Waals surface area contributed by atoms with Gasteiger partial charge in [0.25, 0.3) is 0 Å². The van der Waals surface area contributed by atoms with Crippen LogP contribution >= 0.6 is 0 Å². The van der Waals surface area contributed by atoms with Crippen LogP contribution in [0.4, 0.5) is 5.95 Å². The van der Waals surface area contributed by atoms with E-state index in [-0.39, 0.29) is 6.61 Å². The predicted molar refractivity (Wildman–Crippen MR) is 48.8 cm³/mol. The number of aliphatic hydroxyl groups is 1. The highest BCUT2D eigenvalue weighted by molar-refractivity contribution is 5.26. The van der Waals surface area contributed by atoms with Crippen LogP contribution in [0.2, 0.25) is 0 Å². The van der Waals surface area contributed by atoms with Gasteiger partial charge in [0.05, 0.1) is 19.5 Å². The minimum Gasteiger partial charge on any atom is -0.494 e. The number of hydrogen-bond acceptors (Lipinski definition) is 5. The van der Waals surface area contributed by atoms with Gasteiger partial charge in [0.1, 0.15) is 0 Å². The summed E-state index contributed by atoms with van der Waals surface area (Å²) in [7, 11) is 1.57. The molecule has 1 heterocycles. The highest BCUT2D eigenvalue weighted by Crippen LogP contribution is 2.06. The van der Waals surface area contributed by atoms with Crippen molar-refractivity contribution in [2.75, 3.05) is 25.6 Å². The molecule has 0 unspecified atom stereocenters. The summed E-state index contributed by atoms with van der Waals surface area (Å²) in [5, 5.41) is 11.5. The van der Waals surface area contributed by atoms with Crippen molar-refractivity contribution >= 4 is 5.95 Å². The summed E-state index contributed by atoms with van der Waals surface area (Å²) in [4.78, 5) is 7.98. The third-order valence-electron chi connectivity index (χ3n) is 1.48. The van der Waals surface area contributed by atoms with Crippen LogP contribution in [0.5, 0.6) is 5.75 Å². The Bertz CT molecular complexity index is 238. The van der Waals surface area contributed by atoms with E-state index < -0.39 is 0 Å². The third-order valence-corrected chi connectivity index (χ3v) is 1.48. The van der Waals surface area contributed by atoms with Crippen molar-refractivity contribution in [2.24, 2.45) is 0 Å². The maximum atomic E-state index is 8.53. The second kappa shape index (κ2) is 5.31. The van der Waals surface area contributed by atoms with E-state index in [2.05, 4.69) is 15.3 Å². The van der Waals surface area contributed by atoms with E-state index in [4.69, 9.17) is 9.84 Å². The van der Waals surface area contributed by atoms with Gasteiger partial charge in [-0.15, -0.1) is 0 Å².